The SMILES string of the molecule is CCCC1CCC(c2ccc(C3CCC(c4ccc(OCC)c(F)c4F)CC3)cc2)OC1. The molecule has 0 bridgehead atoms. The summed E-state index contributed by atoms with van der Waals surface area (Å²) in [6.45, 7) is 5.22. The summed E-state index contributed by atoms with van der Waals surface area (Å²) in [5.74, 6) is -0.310. The third kappa shape index (κ3) is 5.17. The molecule has 2 fully saturated rings. The number of hydrogen-bond donors (Lipinski definition) is 0. The van der Waals surface area contributed by atoms with Gasteiger partial charge in [0.2, 0.25) is 5.82 Å². The molecule has 2 aromatic rings. The molecule has 2 aliphatic rings. The maximum Gasteiger partial charge on any atom is 0.200 e. The van der Waals surface area contributed by atoms with Gasteiger partial charge in [-0.25, -0.2) is 4.39 Å². The highest BCUT2D eigenvalue weighted by atomic mass is 19.2. The van der Waals surface area contributed by atoms with Crippen molar-refractivity contribution in [3.05, 3.63) is 64.7 Å². The average Bonchev–Trinajstić information content (AvgIpc) is 2.83. The molecule has 0 radical (unpaired) electrons. The largest absolute Gasteiger partial charge is 0.491 e. The van der Waals surface area contributed by atoms with Crippen molar-refractivity contribution < 1.29 is 18.3 Å². The van der Waals surface area contributed by atoms with Crippen LogP contribution in [0.25, 0.3) is 0 Å². The second-order valence-corrected chi connectivity index (χ2v) is 9.48. The van der Waals surface area contributed by atoms with Crippen molar-refractivity contribution in [3.8, 4) is 5.75 Å². The Morgan fingerprint density at radius 1 is 0.812 bits per heavy atom. The highest BCUT2D eigenvalue weighted by Gasteiger charge is 2.28. The zero-order chi connectivity index (χ0) is 22.5. The highest BCUT2D eigenvalue weighted by Crippen LogP contribution is 2.42. The number of hydrogen-bond acceptors (Lipinski definition) is 2. The molecule has 2 nitrogen and oxygen atoms in total. The predicted octanol–water partition coefficient (Wildman–Crippen LogP) is 8.07. The molecule has 174 valence electrons. The van der Waals surface area contributed by atoms with Crippen LogP contribution in [-0.2, 0) is 4.74 Å². The van der Waals surface area contributed by atoms with Gasteiger partial charge in [0.1, 0.15) is 0 Å². The Hall–Kier alpha value is -1.94. The van der Waals surface area contributed by atoms with E-state index in [1.54, 1.807) is 19.1 Å². The Labute approximate surface area is 191 Å². The summed E-state index contributed by atoms with van der Waals surface area (Å²) in [5.41, 5.74) is 3.13. The van der Waals surface area contributed by atoms with Crippen LogP contribution in [0.3, 0.4) is 0 Å². The van der Waals surface area contributed by atoms with E-state index in [2.05, 4.69) is 31.2 Å². The minimum atomic E-state index is -0.854. The standard InChI is InChI=1S/C28H36F2O2/c1-3-5-19-6-16-25(32-18-19)23-13-9-21(10-14-23)20-7-11-22(12-8-20)24-15-17-26(31-4-2)28(30)27(24)29/h9-10,13-15,17,19-20,22,25H,3-8,11-12,16,18H2,1-2H3. The van der Waals surface area contributed by atoms with Crippen molar-refractivity contribution in [2.75, 3.05) is 13.2 Å². The fourth-order valence-corrected chi connectivity index (χ4v) is 5.55. The molecule has 1 aliphatic carbocycles. The monoisotopic (exact) mass is 442 g/mol. The molecule has 4 heteroatoms. The van der Waals surface area contributed by atoms with Crippen molar-refractivity contribution in [2.45, 2.75) is 83.2 Å². The molecule has 1 saturated carbocycles. The lowest BCUT2D eigenvalue weighted by molar-refractivity contribution is -0.0194. The molecule has 0 amide bonds. The lowest BCUT2D eigenvalue weighted by Crippen LogP contribution is -2.20. The molecule has 32 heavy (non-hydrogen) atoms. The van der Waals surface area contributed by atoms with Gasteiger partial charge in [-0.3, -0.25) is 0 Å². The summed E-state index contributed by atoms with van der Waals surface area (Å²) in [7, 11) is 0. The molecule has 1 saturated heterocycles. The van der Waals surface area contributed by atoms with E-state index >= 15 is 0 Å². The van der Waals surface area contributed by atoms with Gasteiger partial charge in [-0.2, -0.15) is 4.39 Å². The normalized spacial score (nSPS) is 26.1. The maximum absolute atomic E-state index is 14.6. The Balaban J connectivity index is 1.33. The first kappa shape index (κ1) is 23.2. The molecule has 2 aromatic carbocycles. The van der Waals surface area contributed by atoms with Gasteiger partial charge in [-0.1, -0.05) is 43.7 Å². The van der Waals surface area contributed by atoms with Crippen molar-refractivity contribution >= 4 is 0 Å². The van der Waals surface area contributed by atoms with Crippen LogP contribution in [0, 0.1) is 17.6 Å². The van der Waals surface area contributed by atoms with E-state index in [-0.39, 0.29) is 17.8 Å². The van der Waals surface area contributed by atoms with Crippen LogP contribution in [0.2, 0.25) is 0 Å². The van der Waals surface area contributed by atoms with Gasteiger partial charge in [0.25, 0.3) is 0 Å². The molecule has 4 rings (SSSR count). The summed E-state index contributed by atoms with van der Waals surface area (Å²) in [6, 6.07) is 12.2. The Morgan fingerprint density at radius 3 is 2.12 bits per heavy atom. The second-order valence-electron chi connectivity index (χ2n) is 9.48. The number of halogens is 2. The smallest absolute Gasteiger partial charge is 0.200 e. The molecule has 0 N–H and O–H groups in total. The van der Waals surface area contributed by atoms with E-state index in [4.69, 9.17) is 9.47 Å². The minimum absolute atomic E-state index is 0.00496. The van der Waals surface area contributed by atoms with Crippen LogP contribution in [0.4, 0.5) is 8.78 Å². The Bertz CT molecular complexity index is 864. The van der Waals surface area contributed by atoms with E-state index in [1.165, 1.54) is 30.4 Å². The first-order valence-electron chi connectivity index (χ1n) is 12.4. The molecule has 2 unspecified atom stereocenters. The summed E-state index contributed by atoms with van der Waals surface area (Å²) < 4.78 is 40.2. The second kappa shape index (κ2) is 10.8. The van der Waals surface area contributed by atoms with Crippen molar-refractivity contribution in [3.63, 3.8) is 0 Å². The van der Waals surface area contributed by atoms with Gasteiger partial charge in [0.05, 0.1) is 19.3 Å². The van der Waals surface area contributed by atoms with E-state index in [1.807, 2.05) is 0 Å². The fourth-order valence-electron chi connectivity index (χ4n) is 5.55. The third-order valence-electron chi connectivity index (χ3n) is 7.39. The lowest BCUT2D eigenvalue weighted by Gasteiger charge is -2.31. The van der Waals surface area contributed by atoms with E-state index < -0.39 is 11.6 Å². The average molecular weight is 443 g/mol. The van der Waals surface area contributed by atoms with Crippen molar-refractivity contribution in [2.24, 2.45) is 5.92 Å². The first-order valence-corrected chi connectivity index (χ1v) is 12.4. The molecular weight excluding hydrogens is 406 g/mol. The first-order chi connectivity index (χ1) is 15.6. The van der Waals surface area contributed by atoms with Gasteiger partial charge >= 0.3 is 0 Å². The molecular formula is C28H36F2O2. The summed E-state index contributed by atoms with van der Waals surface area (Å²) in [4.78, 5) is 0. The Kier molecular flexibility index (Phi) is 7.83. The van der Waals surface area contributed by atoms with Crippen LogP contribution in [0.1, 0.15) is 99.8 Å². The van der Waals surface area contributed by atoms with E-state index in [0.29, 0.717) is 18.1 Å². The fraction of sp³-hybridized carbons (Fsp3) is 0.571. The summed E-state index contributed by atoms with van der Waals surface area (Å²) >= 11 is 0. The third-order valence-corrected chi connectivity index (χ3v) is 7.39. The summed E-state index contributed by atoms with van der Waals surface area (Å²) in [6.07, 6.45) is 8.84. The molecule has 2 atom stereocenters. The predicted molar refractivity (Wildman–Crippen MR) is 124 cm³/mol. The van der Waals surface area contributed by atoms with Gasteiger partial charge in [0, 0.05) is 0 Å². The lowest BCUT2D eigenvalue weighted by atomic mass is 9.76. The van der Waals surface area contributed by atoms with Crippen LogP contribution in [-0.4, -0.2) is 13.2 Å². The van der Waals surface area contributed by atoms with Gasteiger partial charge in [0.15, 0.2) is 11.6 Å². The van der Waals surface area contributed by atoms with E-state index in [0.717, 1.165) is 44.6 Å². The summed E-state index contributed by atoms with van der Waals surface area (Å²) in [5, 5.41) is 0. The van der Waals surface area contributed by atoms with Crippen LogP contribution >= 0.6 is 0 Å². The number of benzene rings is 2. The van der Waals surface area contributed by atoms with Gasteiger partial charge in [-0.15, -0.1) is 0 Å². The number of ether oxygens (including phenoxy) is 2. The Morgan fingerprint density at radius 2 is 1.50 bits per heavy atom. The van der Waals surface area contributed by atoms with Gasteiger partial charge < -0.3 is 9.47 Å². The van der Waals surface area contributed by atoms with Crippen molar-refractivity contribution in [1.82, 2.24) is 0 Å². The molecule has 0 aromatic heterocycles. The quantitative estimate of drug-likeness (QED) is 0.431. The van der Waals surface area contributed by atoms with Crippen LogP contribution in [0.5, 0.6) is 5.75 Å². The van der Waals surface area contributed by atoms with Gasteiger partial charge in [-0.05, 0) is 92.4 Å². The zero-order valence-corrected chi connectivity index (χ0v) is 19.4. The van der Waals surface area contributed by atoms with Crippen molar-refractivity contribution in [1.29, 1.82) is 0 Å². The van der Waals surface area contributed by atoms with Crippen LogP contribution in [0.15, 0.2) is 36.4 Å². The highest BCUT2D eigenvalue weighted by molar-refractivity contribution is 5.34. The number of rotatable bonds is 7. The molecule has 0 spiro atoms. The molecule has 1 heterocycles. The molecule has 1 aliphatic heterocycles. The van der Waals surface area contributed by atoms with Crippen LogP contribution < -0.4 is 4.74 Å². The maximum atomic E-state index is 14.6. The topological polar surface area (TPSA) is 18.5 Å². The van der Waals surface area contributed by atoms with E-state index in [9.17, 15) is 8.78 Å². The zero-order valence-electron chi connectivity index (χ0n) is 19.4. The minimum Gasteiger partial charge on any atom is -0.491 e.